The third-order valence-corrected chi connectivity index (χ3v) is 3.82. The molecule has 3 aromatic rings. The number of nitrogens with zero attached hydrogens (tertiary/aromatic N) is 4. The van der Waals surface area contributed by atoms with Crippen LogP contribution in [0.2, 0.25) is 5.28 Å². The molecule has 0 saturated carbocycles. The Morgan fingerprint density at radius 2 is 2.17 bits per heavy atom. The summed E-state index contributed by atoms with van der Waals surface area (Å²) in [6, 6.07) is 9.87. The Hall–Kier alpha value is -2.47. The fraction of sp³-hybridized carbons (Fsp3) is 0.250. The van der Waals surface area contributed by atoms with E-state index < -0.39 is 0 Å². The van der Waals surface area contributed by atoms with Crippen molar-refractivity contribution in [2.45, 2.75) is 19.4 Å². The monoisotopic (exact) mass is 329 g/mol. The van der Waals surface area contributed by atoms with E-state index in [1.165, 1.54) is 0 Å². The molecular weight excluding hydrogens is 314 g/mol. The van der Waals surface area contributed by atoms with Crippen molar-refractivity contribution in [3.05, 3.63) is 53.2 Å². The summed E-state index contributed by atoms with van der Waals surface area (Å²) < 4.78 is 0. The molecule has 6 nitrogen and oxygen atoms in total. The fourth-order valence-corrected chi connectivity index (χ4v) is 2.59. The predicted octanol–water partition coefficient (Wildman–Crippen LogP) is 2.60. The standard InChI is InChI=1S/C16H16ClN5O/c1-22(15(23)8-7-14-19-16(17)21-20-14)10-11-4-2-6-13-12(11)5-3-9-18-13/h2-6,9H,7-8,10H2,1H3,(H,19,20,21). The van der Waals surface area contributed by atoms with Gasteiger partial charge in [-0.3, -0.25) is 14.9 Å². The van der Waals surface area contributed by atoms with E-state index in [1.54, 1.807) is 18.1 Å². The summed E-state index contributed by atoms with van der Waals surface area (Å²) in [6.07, 6.45) is 2.61. The van der Waals surface area contributed by atoms with Gasteiger partial charge >= 0.3 is 0 Å². The summed E-state index contributed by atoms with van der Waals surface area (Å²) in [4.78, 5) is 22.3. The van der Waals surface area contributed by atoms with Crippen LogP contribution in [0, 0.1) is 0 Å². The van der Waals surface area contributed by atoms with Crippen LogP contribution >= 0.6 is 11.6 Å². The van der Waals surface area contributed by atoms with Crippen LogP contribution in [-0.2, 0) is 17.8 Å². The van der Waals surface area contributed by atoms with Crippen molar-refractivity contribution in [1.82, 2.24) is 25.1 Å². The van der Waals surface area contributed by atoms with Gasteiger partial charge in [-0.1, -0.05) is 18.2 Å². The highest BCUT2D eigenvalue weighted by Gasteiger charge is 2.12. The first-order valence-electron chi connectivity index (χ1n) is 7.27. The van der Waals surface area contributed by atoms with E-state index in [0.29, 0.717) is 25.2 Å². The molecule has 0 bridgehead atoms. The highest BCUT2D eigenvalue weighted by molar-refractivity contribution is 6.28. The normalized spacial score (nSPS) is 10.9. The van der Waals surface area contributed by atoms with E-state index >= 15 is 0 Å². The molecule has 0 aliphatic carbocycles. The van der Waals surface area contributed by atoms with Gasteiger partial charge in [0.15, 0.2) is 0 Å². The molecule has 0 spiro atoms. The Labute approximate surface area is 138 Å². The number of aromatic amines is 1. The predicted molar refractivity (Wildman–Crippen MR) is 87.9 cm³/mol. The van der Waals surface area contributed by atoms with Crippen LogP contribution in [0.25, 0.3) is 10.9 Å². The maximum atomic E-state index is 12.3. The molecule has 118 valence electrons. The number of carbonyl (C=O) groups excluding carboxylic acids is 1. The molecule has 0 radical (unpaired) electrons. The molecule has 0 aliphatic rings. The van der Waals surface area contributed by atoms with Crippen LogP contribution in [0.5, 0.6) is 0 Å². The summed E-state index contributed by atoms with van der Waals surface area (Å²) in [6.45, 7) is 0.541. The maximum Gasteiger partial charge on any atom is 0.242 e. The van der Waals surface area contributed by atoms with Gasteiger partial charge in [0.1, 0.15) is 5.82 Å². The molecule has 7 heteroatoms. The van der Waals surface area contributed by atoms with Gasteiger partial charge in [0, 0.05) is 38.0 Å². The van der Waals surface area contributed by atoms with Crippen molar-refractivity contribution in [3.63, 3.8) is 0 Å². The number of aromatic nitrogens is 4. The number of rotatable bonds is 5. The lowest BCUT2D eigenvalue weighted by atomic mass is 10.1. The number of hydrogen-bond donors (Lipinski definition) is 1. The van der Waals surface area contributed by atoms with Crippen molar-refractivity contribution in [3.8, 4) is 0 Å². The van der Waals surface area contributed by atoms with Gasteiger partial charge in [0.25, 0.3) is 0 Å². The van der Waals surface area contributed by atoms with Crippen molar-refractivity contribution in [2.75, 3.05) is 7.05 Å². The maximum absolute atomic E-state index is 12.3. The Kier molecular flexibility index (Phi) is 4.52. The zero-order valence-electron chi connectivity index (χ0n) is 12.7. The van der Waals surface area contributed by atoms with Crippen LogP contribution in [0.3, 0.4) is 0 Å². The van der Waals surface area contributed by atoms with E-state index in [4.69, 9.17) is 11.6 Å². The molecule has 1 amide bonds. The highest BCUT2D eigenvalue weighted by atomic mass is 35.5. The van der Waals surface area contributed by atoms with Crippen molar-refractivity contribution >= 4 is 28.4 Å². The largest absolute Gasteiger partial charge is 0.341 e. The number of benzene rings is 1. The van der Waals surface area contributed by atoms with Crippen LogP contribution in [0.4, 0.5) is 0 Å². The number of carbonyl (C=O) groups is 1. The van der Waals surface area contributed by atoms with Crippen LogP contribution in [0.1, 0.15) is 17.8 Å². The zero-order valence-corrected chi connectivity index (χ0v) is 13.4. The Morgan fingerprint density at radius 3 is 2.96 bits per heavy atom. The van der Waals surface area contributed by atoms with Gasteiger partial charge in [0.05, 0.1) is 5.52 Å². The average Bonchev–Trinajstić information content (AvgIpc) is 2.98. The first kappa shape index (κ1) is 15.4. The molecular formula is C16H16ClN5O. The average molecular weight is 330 g/mol. The lowest BCUT2D eigenvalue weighted by molar-refractivity contribution is -0.130. The molecule has 0 aliphatic heterocycles. The second kappa shape index (κ2) is 6.75. The first-order valence-corrected chi connectivity index (χ1v) is 7.64. The summed E-state index contributed by atoms with van der Waals surface area (Å²) in [5.74, 6) is 0.657. The van der Waals surface area contributed by atoms with Crippen LogP contribution in [-0.4, -0.2) is 38.0 Å². The quantitative estimate of drug-likeness (QED) is 0.780. The van der Waals surface area contributed by atoms with Crippen molar-refractivity contribution in [2.24, 2.45) is 0 Å². The minimum absolute atomic E-state index is 0.0402. The van der Waals surface area contributed by atoms with E-state index in [2.05, 4.69) is 20.2 Å². The number of pyridine rings is 1. The summed E-state index contributed by atoms with van der Waals surface area (Å²) in [5.41, 5.74) is 2.01. The Bertz CT molecular complexity index is 827. The number of nitrogens with one attached hydrogen (secondary N) is 1. The van der Waals surface area contributed by atoms with Crippen molar-refractivity contribution < 1.29 is 4.79 Å². The summed E-state index contributed by atoms with van der Waals surface area (Å²) >= 11 is 5.65. The molecule has 1 aromatic carbocycles. The van der Waals surface area contributed by atoms with Gasteiger partial charge in [-0.05, 0) is 29.3 Å². The van der Waals surface area contributed by atoms with E-state index in [0.717, 1.165) is 16.5 Å². The Morgan fingerprint density at radius 1 is 1.30 bits per heavy atom. The Balaban J connectivity index is 1.65. The summed E-state index contributed by atoms with van der Waals surface area (Å²) in [5, 5.41) is 7.68. The zero-order chi connectivity index (χ0) is 16.2. The molecule has 0 atom stereocenters. The smallest absolute Gasteiger partial charge is 0.242 e. The van der Waals surface area contributed by atoms with Gasteiger partial charge in [0.2, 0.25) is 11.2 Å². The highest BCUT2D eigenvalue weighted by Crippen LogP contribution is 2.18. The lowest BCUT2D eigenvalue weighted by Crippen LogP contribution is -2.26. The van der Waals surface area contributed by atoms with Crippen molar-refractivity contribution in [1.29, 1.82) is 0 Å². The minimum atomic E-state index is 0.0402. The fourth-order valence-electron chi connectivity index (χ4n) is 2.45. The third kappa shape index (κ3) is 3.65. The van der Waals surface area contributed by atoms with Gasteiger partial charge in [-0.15, -0.1) is 5.10 Å². The lowest BCUT2D eigenvalue weighted by Gasteiger charge is -2.18. The number of fused-ring (bicyclic) bond motifs is 1. The molecule has 2 aromatic heterocycles. The number of amides is 1. The SMILES string of the molecule is CN(Cc1cccc2ncccc12)C(=O)CCc1nc(Cl)n[nH]1. The molecule has 1 N–H and O–H groups in total. The molecule has 0 fully saturated rings. The molecule has 0 unspecified atom stereocenters. The number of H-pyrrole nitrogens is 1. The topological polar surface area (TPSA) is 74.8 Å². The molecule has 0 saturated heterocycles. The molecule has 3 rings (SSSR count). The number of aryl methyl sites for hydroxylation is 1. The van der Waals surface area contributed by atoms with Gasteiger partial charge in [-0.25, -0.2) is 4.98 Å². The van der Waals surface area contributed by atoms with E-state index in [1.807, 2.05) is 30.3 Å². The number of halogens is 1. The van der Waals surface area contributed by atoms with E-state index in [-0.39, 0.29) is 11.2 Å². The molecule has 2 heterocycles. The van der Waals surface area contributed by atoms with E-state index in [9.17, 15) is 4.79 Å². The van der Waals surface area contributed by atoms with Crippen LogP contribution in [0.15, 0.2) is 36.5 Å². The first-order chi connectivity index (χ1) is 11.1. The number of hydrogen-bond acceptors (Lipinski definition) is 4. The molecule has 23 heavy (non-hydrogen) atoms. The minimum Gasteiger partial charge on any atom is -0.341 e. The second-order valence-electron chi connectivity index (χ2n) is 5.29. The van der Waals surface area contributed by atoms with Gasteiger partial charge < -0.3 is 4.90 Å². The van der Waals surface area contributed by atoms with Gasteiger partial charge in [-0.2, -0.15) is 0 Å². The van der Waals surface area contributed by atoms with Crippen LogP contribution < -0.4 is 0 Å². The third-order valence-electron chi connectivity index (χ3n) is 3.65. The second-order valence-corrected chi connectivity index (χ2v) is 5.63. The summed E-state index contributed by atoms with van der Waals surface area (Å²) in [7, 11) is 1.80.